The number of rotatable bonds is 6. The molecule has 3 rings (SSSR count). The number of carbonyl (C=O) groups excluding carboxylic acids is 1. The van der Waals surface area contributed by atoms with Crippen LogP contribution < -0.4 is 10.2 Å². The number of sulfonamides is 1. The summed E-state index contributed by atoms with van der Waals surface area (Å²) in [5.74, 6) is -1.12. The number of hydrogen-bond acceptors (Lipinski definition) is 6. The molecule has 9 heteroatoms. The van der Waals surface area contributed by atoms with E-state index in [1.54, 1.807) is 60.9 Å². The highest BCUT2D eigenvalue weighted by Crippen LogP contribution is 2.27. The third-order valence-corrected chi connectivity index (χ3v) is 5.86. The largest absolute Gasteiger partial charge is 0.360 e. The molecule has 0 saturated heterocycles. The quantitative estimate of drug-likeness (QED) is 0.431. The van der Waals surface area contributed by atoms with Crippen LogP contribution in [0.3, 0.4) is 0 Å². The van der Waals surface area contributed by atoms with E-state index < -0.39 is 21.8 Å². The van der Waals surface area contributed by atoms with Gasteiger partial charge in [-0.05, 0) is 37.1 Å². The molecule has 8 nitrogen and oxygen atoms in total. The van der Waals surface area contributed by atoms with E-state index in [1.807, 2.05) is 6.07 Å². The number of aryl methyl sites for hydroxylation is 2. The molecule has 0 radical (unpaired) electrons. The second kappa shape index (κ2) is 7.83. The molecule has 1 amide bonds. The van der Waals surface area contributed by atoms with Crippen molar-refractivity contribution in [3.05, 3.63) is 77.2 Å². The van der Waals surface area contributed by atoms with Gasteiger partial charge >= 0.3 is 0 Å². The lowest BCUT2D eigenvalue weighted by Crippen LogP contribution is -2.27. The van der Waals surface area contributed by atoms with Gasteiger partial charge in [0.2, 0.25) is 0 Å². The maximum Gasteiger partial charge on any atom is 0.267 e. The predicted molar refractivity (Wildman–Crippen MR) is 101 cm³/mol. The Labute approximate surface area is 162 Å². The van der Waals surface area contributed by atoms with Crippen molar-refractivity contribution in [1.29, 1.82) is 0 Å². The van der Waals surface area contributed by atoms with Crippen LogP contribution in [-0.2, 0) is 14.8 Å². The molecule has 1 aromatic heterocycles. The Hall–Kier alpha value is -3.17. The number of anilines is 1. The second-order valence-electron chi connectivity index (χ2n) is 6.20. The molecule has 0 aliphatic rings. The molecule has 1 unspecified atom stereocenters. The number of nitrogens with one attached hydrogen (secondary N) is 2. The van der Waals surface area contributed by atoms with Crippen molar-refractivity contribution in [3.8, 4) is 0 Å². The van der Waals surface area contributed by atoms with Crippen molar-refractivity contribution in [1.82, 2.24) is 10.6 Å². The highest BCUT2D eigenvalue weighted by atomic mass is 32.2. The fourth-order valence-electron chi connectivity index (χ4n) is 3.01. The Bertz CT molecular complexity index is 1060. The molecule has 0 spiro atoms. The van der Waals surface area contributed by atoms with Crippen LogP contribution in [0.4, 0.5) is 5.69 Å². The highest BCUT2D eigenvalue weighted by molar-refractivity contribution is 7.92. The van der Waals surface area contributed by atoms with Crippen LogP contribution in [0.15, 0.2) is 64.0 Å². The van der Waals surface area contributed by atoms with E-state index in [-0.39, 0.29) is 16.3 Å². The lowest BCUT2D eigenvalue weighted by Gasteiger charge is -2.16. The zero-order valence-corrected chi connectivity index (χ0v) is 16.0. The number of hydroxylamine groups is 1. The minimum absolute atomic E-state index is 0.00148. The highest BCUT2D eigenvalue weighted by Gasteiger charge is 2.25. The molecule has 0 aliphatic carbocycles. The minimum atomic E-state index is -3.86. The summed E-state index contributed by atoms with van der Waals surface area (Å²) in [6.45, 7) is 3.07. The summed E-state index contributed by atoms with van der Waals surface area (Å²) >= 11 is 0. The van der Waals surface area contributed by atoms with Gasteiger partial charge < -0.3 is 4.52 Å². The predicted octanol–water partition coefficient (Wildman–Crippen LogP) is 2.73. The molecular weight excluding hydrogens is 382 g/mol. The van der Waals surface area contributed by atoms with Gasteiger partial charge in [0.15, 0.2) is 10.7 Å². The van der Waals surface area contributed by atoms with Crippen LogP contribution in [0.1, 0.15) is 28.5 Å². The fourth-order valence-corrected chi connectivity index (χ4v) is 4.40. The van der Waals surface area contributed by atoms with E-state index in [9.17, 15) is 13.2 Å². The average Bonchev–Trinajstić information content (AvgIpc) is 3.03. The average molecular weight is 401 g/mol. The molecular formula is C19H19N3O5S. The summed E-state index contributed by atoms with van der Waals surface area (Å²) in [6, 6.07) is 15.3. The van der Waals surface area contributed by atoms with Gasteiger partial charge in [0.25, 0.3) is 15.9 Å². The maximum atomic E-state index is 12.6. The summed E-state index contributed by atoms with van der Waals surface area (Å²) in [5, 5.41) is 12.7. The molecule has 1 atom stereocenters. The molecule has 146 valence electrons. The van der Waals surface area contributed by atoms with Gasteiger partial charge in [0.05, 0.1) is 5.92 Å². The zero-order chi connectivity index (χ0) is 20.3. The van der Waals surface area contributed by atoms with Gasteiger partial charge in [-0.15, -0.1) is 0 Å². The van der Waals surface area contributed by atoms with E-state index in [0.717, 1.165) is 0 Å². The lowest BCUT2D eigenvalue weighted by atomic mass is 9.90. The van der Waals surface area contributed by atoms with Gasteiger partial charge in [-0.3, -0.25) is 14.7 Å². The lowest BCUT2D eigenvalue weighted by molar-refractivity contribution is -0.129. The molecule has 0 bridgehead atoms. The molecule has 3 aromatic rings. The Morgan fingerprint density at radius 3 is 2.18 bits per heavy atom. The summed E-state index contributed by atoms with van der Waals surface area (Å²) in [6.07, 6.45) is 0. The third kappa shape index (κ3) is 3.90. The van der Waals surface area contributed by atoms with E-state index in [0.29, 0.717) is 16.8 Å². The third-order valence-electron chi connectivity index (χ3n) is 4.24. The standard InChI is InChI=1S/C19H19N3O5S/c1-12-18(13(2)27-21-12)28(25,26)22-16-10-8-15(9-11-16)17(19(23)20-24)14-6-4-3-5-7-14/h3-11,17,22,24H,1-2H3,(H,20,23). The molecule has 2 aromatic carbocycles. The first kappa shape index (κ1) is 19.6. The van der Waals surface area contributed by atoms with Crippen molar-refractivity contribution in [2.75, 3.05) is 4.72 Å². The first-order valence-corrected chi connectivity index (χ1v) is 9.86. The fraction of sp³-hybridized carbons (Fsp3) is 0.158. The number of aromatic nitrogens is 1. The molecule has 0 saturated carbocycles. The normalized spacial score (nSPS) is 12.4. The van der Waals surface area contributed by atoms with Crippen molar-refractivity contribution in [2.24, 2.45) is 0 Å². The summed E-state index contributed by atoms with van der Waals surface area (Å²) in [5.41, 5.74) is 3.55. The van der Waals surface area contributed by atoms with E-state index >= 15 is 0 Å². The van der Waals surface area contributed by atoms with Gasteiger partial charge in [-0.1, -0.05) is 47.6 Å². The maximum absolute atomic E-state index is 12.6. The van der Waals surface area contributed by atoms with Gasteiger partial charge in [-0.25, -0.2) is 13.9 Å². The van der Waals surface area contributed by atoms with Crippen molar-refractivity contribution in [3.63, 3.8) is 0 Å². The molecule has 3 N–H and O–H groups in total. The Balaban J connectivity index is 1.89. The van der Waals surface area contributed by atoms with Crippen LogP contribution in [0.5, 0.6) is 0 Å². The number of nitrogens with zero attached hydrogens (tertiary/aromatic N) is 1. The van der Waals surface area contributed by atoms with Crippen LogP contribution in [-0.4, -0.2) is 24.7 Å². The number of hydrogen-bond donors (Lipinski definition) is 3. The number of amides is 1. The number of benzene rings is 2. The van der Waals surface area contributed by atoms with E-state index in [2.05, 4.69) is 9.88 Å². The first-order valence-electron chi connectivity index (χ1n) is 8.38. The summed E-state index contributed by atoms with van der Waals surface area (Å²) < 4.78 is 32.6. The van der Waals surface area contributed by atoms with Gasteiger partial charge in [-0.2, -0.15) is 0 Å². The summed E-state index contributed by atoms with van der Waals surface area (Å²) in [7, 11) is -3.86. The van der Waals surface area contributed by atoms with Crippen LogP contribution >= 0.6 is 0 Å². The first-order chi connectivity index (χ1) is 13.3. The van der Waals surface area contributed by atoms with Gasteiger partial charge in [0.1, 0.15) is 5.69 Å². The van der Waals surface area contributed by atoms with Crippen molar-refractivity contribution in [2.45, 2.75) is 24.7 Å². The molecule has 28 heavy (non-hydrogen) atoms. The Morgan fingerprint density at radius 1 is 1.04 bits per heavy atom. The van der Waals surface area contributed by atoms with Crippen LogP contribution in [0.25, 0.3) is 0 Å². The van der Waals surface area contributed by atoms with Crippen molar-refractivity contribution < 1.29 is 22.9 Å². The monoisotopic (exact) mass is 401 g/mol. The molecule has 1 heterocycles. The van der Waals surface area contributed by atoms with E-state index in [4.69, 9.17) is 9.73 Å². The Kier molecular flexibility index (Phi) is 5.48. The SMILES string of the molecule is Cc1noc(C)c1S(=O)(=O)Nc1ccc(C(C(=O)NO)c2ccccc2)cc1. The number of carbonyl (C=O) groups is 1. The minimum Gasteiger partial charge on any atom is -0.360 e. The zero-order valence-electron chi connectivity index (χ0n) is 15.2. The Morgan fingerprint density at radius 2 is 1.64 bits per heavy atom. The smallest absolute Gasteiger partial charge is 0.267 e. The van der Waals surface area contributed by atoms with Crippen LogP contribution in [0.2, 0.25) is 0 Å². The summed E-state index contributed by atoms with van der Waals surface area (Å²) in [4.78, 5) is 12.2. The van der Waals surface area contributed by atoms with E-state index in [1.165, 1.54) is 6.92 Å². The van der Waals surface area contributed by atoms with Crippen LogP contribution in [0, 0.1) is 13.8 Å². The molecule has 0 aliphatic heterocycles. The van der Waals surface area contributed by atoms with Gasteiger partial charge in [0, 0.05) is 5.69 Å². The molecule has 0 fully saturated rings. The van der Waals surface area contributed by atoms with Crippen molar-refractivity contribution >= 4 is 21.6 Å². The topological polar surface area (TPSA) is 122 Å². The second-order valence-corrected chi connectivity index (χ2v) is 7.82.